The van der Waals surface area contributed by atoms with Crippen LogP contribution in [-0.2, 0) is 9.63 Å². The van der Waals surface area contributed by atoms with Crippen molar-refractivity contribution in [3.05, 3.63) is 0 Å². The maximum atomic E-state index is 11.5. The highest BCUT2D eigenvalue weighted by Crippen LogP contribution is 2.13. The first-order chi connectivity index (χ1) is 5.51. The molecular weight excluding hydrogens is 156 g/mol. The number of rotatable bonds is 4. The van der Waals surface area contributed by atoms with E-state index in [1.165, 1.54) is 12.2 Å². The number of carbonyl (C=O) groups is 1. The normalized spacial score (nSPS) is 11.4. The zero-order valence-electron chi connectivity index (χ0n) is 8.26. The molecule has 0 unspecified atom stereocenters. The van der Waals surface area contributed by atoms with Gasteiger partial charge in [-0.25, -0.2) is 5.06 Å². The molecule has 0 aliphatic rings. The van der Waals surface area contributed by atoms with E-state index < -0.39 is 5.54 Å². The quantitative estimate of drug-likeness (QED) is 0.632. The lowest BCUT2D eigenvalue weighted by Gasteiger charge is -2.28. The SMILES string of the molecule is CCC(N)(CC)C(=O)N(C)OC. The third kappa shape index (κ3) is 2.19. The molecule has 0 atom stereocenters. The van der Waals surface area contributed by atoms with Crippen molar-refractivity contribution in [2.75, 3.05) is 14.2 Å². The van der Waals surface area contributed by atoms with Crippen LogP contribution in [-0.4, -0.2) is 30.7 Å². The molecule has 0 rings (SSSR count). The van der Waals surface area contributed by atoms with E-state index in [0.717, 1.165) is 0 Å². The van der Waals surface area contributed by atoms with E-state index in [2.05, 4.69) is 0 Å². The van der Waals surface area contributed by atoms with Gasteiger partial charge < -0.3 is 5.73 Å². The Labute approximate surface area is 73.6 Å². The molecule has 0 spiro atoms. The standard InChI is InChI=1S/C8H18N2O2/c1-5-8(9,6-2)7(11)10(3)12-4/h5-6,9H2,1-4H3. The van der Waals surface area contributed by atoms with Crippen LogP contribution in [0.25, 0.3) is 0 Å². The Hall–Kier alpha value is -0.610. The average Bonchev–Trinajstić information content (AvgIpc) is 2.14. The van der Waals surface area contributed by atoms with Crippen molar-refractivity contribution >= 4 is 5.91 Å². The van der Waals surface area contributed by atoms with Crippen LogP contribution in [0.5, 0.6) is 0 Å². The van der Waals surface area contributed by atoms with Gasteiger partial charge in [-0.15, -0.1) is 0 Å². The molecule has 4 heteroatoms. The number of amides is 1. The molecule has 12 heavy (non-hydrogen) atoms. The van der Waals surface area contributed by atoms with E-state index >= 15 is 0 Å². The summed E-state index contributed by atoms with van der Waals surface area (Å²) < 4.78 is 0. The van der Waals surface area contributed by atoms with Crippen molar-refractivity contribution < 1.29 is 9.63 Å². The van der Waals surface area contributed by atoms with E-state index in [1.54, 1.807) is 7.05 Å². The van der Waals surface area contributed by atoms with Gasteiger partial charge in [-0.05, 0) is 12.8 Å². The first-order valence-corrected chi connectivity index (χ1v) is 4.13. The Morgan fingerprint density at radius 3 is 2.17 bits per heavy atom. The summed E-state index contributed by atoms with van der Waals surface area (Å²) >= 11 is 0. The summed E-state index contributed by atoms with van der Waals surface area (Å²) in [6.07, 6.45) is 1.24. The van der Waals surface area contributed by atoms with Crippen molar-refractivity contribution in [2.24, 2.45) is 5.73 Å². The van der Waals surface area contributed by atoms with Gasteiger partial charge in [0.2, 0.25) is 0 Å². The molecule has 72 valence electrons. The van der Waals surface area contributed by atoms with Gasteiger partial charge in [0, 0.05) is 7.05 Å². The lowest BCUT2D eigenvalue weighted by Crippen LogP contribution is -2.53. The fourth-order valence-corrected chi connectivity index (χ4v) is 0.949. The second-order valence-corrected chi connectivity index (χ2v) is 2.85. The lowest BCUT2D eigenvalue weighted by atomic mass is 9.93. The third-order valence-corrected chi connectivity index (χ3v) is 2.25. The molecule has 0 aromatic carbocycles. The Kier molecular flexibility index (Phi) is 4.20. The Balaban J connectivity index is 4.41. The molecule has 0 saturated heterocycles. The molecule has 0 bridgehead atoms. The average molecular weight is 174 g/mol. The molecule has 4 nitrogen and oxygen atoms in total. The Morgan fingerprint density at radius 2 is 1.92 bits per heavy atom. The van der Waals surface area contributed by atoms with Crippen LogP contribution in [0.15, 0.2) is 0 Å². The summed E-state index contributed by atoms with van der Waals surface area (Å²) in [7, 11) is 3.01. The monoisotopic (exact) mass is 174 g/mol. The molecule has 2 N–H and O–H groups in total. The maximum absolute atomic E-state index is 11.5. The topological polar surface area (TPSA) is 55.6 Å². The molecule has 0 aliphatic heterocycles. The van der Waals surface area contributed by atoms with Crippen LogP contribution in [0.2, 0.25) is 0 Å². The second kappa shape index (κ2) is 4.42. The van der Waals surface area contributed by atoms with E-state index in [1.807, 2.05) is 13.8 Å². The number of nitrogens with zero attached hydrogens (tertiary/aromatic N) is 1. The highest BCUT2D eigenvalue weighted by Gasteiger charge is 2.32. The Morgan fingerprint density at radius 1 is 1.50 bits per heavy atom. The fourth-order valence-electron chi connectivity index (χ4n) is 0.949. The first kappa shape index (κ1) is 11.4. The van der Waals surface area contributed by atoms with Gasteiger partial charge >= 0.3 is 0 Å². The second-order valence-electron chi connectivity index (χ2n) is 2.85. The van der Waals surface area contributed by atoms with E-state index in [9.17, 15) is 4.79 Å². The van der Waals surface area contributed by atoms with Gasteiger partial charge in [-0.2, -0.15) is 0 Å². The summed E-state index contributed by atoms with van der Waals surface area (Å²) in [5.41, 5.74) is 5.07. The molecular formula is C8H18N2O2. The minimum atomic E-state index is -0.773. The molecule has 0 aromatic heterocycles. The lowest BCUT2D eigenvalue weighted by molar-refractivity contribution is -0.175. The van der Waals surface area contributed by atoms with E-state index in [-0.39, 0.29) is 5.91 Å². The summed E-state index contributed by atoms with van der Waals surface area (Å²) in [4.78, 5) is 16.3. The fraction of sp³-hybridized carbons (Fsp3) is 0.875. The summed E-state index contributed by atoms with van der Waals surface area (Å²) in [5.74, 6) is -0.171. The molecule has 0 radical (unpaired) electrons. The highest BCUT2D eigenvalue weighted by atomic mass is 16.7. The van der Waals surface area contributed by atoms with Gasteiger partial charge in [0.25, 0.3) is 5.91 Å². The number of likely N-dealkylation sites (N-methyl/N-ethyl adjacent to an activating group) is 1. The highest BCUT2D eigenvalue weighted by molar-refractivity contribution is 5.84. The largest absolute Gasteiger partial charge is 0.317 e. The van der Waals surface area contributed by atoms with Crippen molar-refractivity contribution in [3.8, 4) is 0 Å². The Bertz CT molecular complexity index is 155. The van der Waals surface area contributed by atoms with Gasteiger partial charge in [0.1, 0.15) is 0 Å². The van der Waals surface area contributed by atoms with Crippen molar-refractivity contribution in [1.82, 2.24) is 5.06 Å². The molecule has 1 amide bonds. The van der Waals surface area contributed by atoms with E-state index in [4.69, 9.17) is 10.6 Å². The van der Waals surface area contributed by atoms with Crippen LogP contribution < -0.4 is 5.73 Å². The van der Waals surface area contributed by atoms with Crippen molar-refractivity contribution in [3.63, 3.8) is 0 Å². The van der Waals surface area contributed by atoms with Crippen LogP contribution in [0.4, 0.5) is 0 Å². The van der Waals surface area contributed by atoms with Gasteiger partial charge in [0.05, 0.1) is 12.6 Å². The number of carbonyl (C=O) groups excluding carboxylic acids is 1. The number of hydrogen-bond donors (Lipinski definition) is 1. The minimum Gasteiger partial charge on any atom is -0.317 e. The predicted octanol–water partition coefficient (Wildman–Crippen LogP) is 0.524. The summed E-state index contributed by atoms with van der Waals surface area (Å²) in [5, 5.41) is 1.17. The minimum absolute atomic E-state index is 0.171. The summed E-state index contributed by atoms with van der Waals surface area (Å²) in [6.45, 7) is 3.79. The summed E-state index contributed by atoms with van der Waals surface area (Å²) in [6, 6.07) is 0. The molecule has 0 heterocycles. The van der Waals surface area contributed by atoms with Gasteiger partial charge in [-0.1, -0.05) is 13.8 Å². The van der Waals surface area contributed by atoms with Crippen LogP contribution in [0, 0.1) is 0 Å². The molecule has 0 fully saturated rings. The number of hydroxylamine groups is 2. The smallest absolute Gasteiger partial charge is 0.265 e. The van der Waals surface area contributed by atoms with Crippen LogP contribution in [0.1, 0.15) is 26.7 Å². The zero-order valence-corrected chi connectivity index (χ0v) is 8.26. The predicted molar refractivity (Wildman–Crippen MR) is 47.3 cm³/mol. The molecule has 0 aromatic rings. The molecule has 0 saturated carbocycles. The zero-order chi connectivity index (χ0) is 9.78. The third-order valence-electron chi connectivity index (χ3n) is 2.25. The van der Waals surface area contributed by atoms with Crippen LogP contribution in [0.3, 0.4) is 0 Å². The van der Waals surface area contributed by atoms with Crippen molar-refractivity contribution in [2.45, 2.75) is 32.2 Å². The van der Waals surface area contributed by atoms with Gasteiger partial charge in [-0.3, -0.25) is 9.63 Å². The van der Waals surface area contributed by atoms with Gasteiger partial charge in [0.15, 0.2) is 0 Å². The number of hydrogen-bond acceptors (Lipinski definition) is 3. The van der Waals surface area contributed by atoms with E-state index in [0.29, 0.717) is 12.8 Å². The molecule has 0 aliphatic carbocycles. The number of nitrogens with two attached hydrogens (primary N) is 1. The van der Waals surface area contributed by atoms with Crippen LogP contribution >= 0.6 is 0 Å². The maximum Gasteiger partial charge on any atom is 0.265 e. The van der Waals surface area contributed by atoms with Crippen molar-refractivity contribution in [1.29, 1.82) is 0 Å². The first-order valence-electron chi connectivity index (χ1n) is 4.13.